The van der Waals surface area contributed by atoms with E-state index < -0.39 is 0 Å². The number of hydrogen-bond donors (Lipinski definition) is 1. The Hall–Kier alpha value is -3.70. The van der Waals surface area contributed by atoms with Gasteiger partial charge >= 0.3 is 0 Å². The normalized spacial score (nSPS) is 11.2. The number of rotatable bonds is 11. The van der Waals surface area contributed by atoms with Crippen LogP contribution in [-0.2, 0) is 13.0 Å². The quantitative estimate of drug-likeness (QED) is 0.294. The van der Waals surface area contributed by atoms with Crippen LogP contribution in [0, 0.1) is 0 Å². The van der Waals surface area contributed by atoms with E-state index in [-0.39, 0.29) is 0 Å². The van der Waals surface area contributed by atoms with Crippen molar-refractivity contribution in [1.29, 1.82) is 0 Å². The molecule has 0 aliphatic carbocycles. The highest BCUT2D eigenvalue weighted by molar-refractivity contribution is 5.90. The van der Waals surface area contributed by atoms with Crippen LogP contribution in [-0.4, -0.2) is 27.3 Å². The van der Waals surface area contributed by atoms with Gasteiger partial charge in [-0.25, -0.2) is 0 Å². The zero-order valence-electron chi connectivity index (χ0n) is 19.0. The van der Waals surface area contributed by atoms with Crippen molar-refractivity contribution in [1.82, 2.24) is 5.32 Å². The third-order valence-corrected chi connectivity index (χ3v) is 5.44. The molecule has 33 heavy (non-hydrogen) atoms. The first-order chi connectivity index (χ1) is 16.3. The Bertz CT molecular complexity index is 1200. The Morgan fingerprint density at radius 2 is 1.67 bits per heavy atom. The van der Waals surface area contributed by atoms with E-state index in [1.165, 1.54) is 5.56 Å². The number of hydrogen-bond acceptors (Lipinski definition) is 5. The Morgan fingerprint density at radius 3 is 2.48 bits per heavy atom. The first kappa shape index (κ1) is 22.5. The average Bonchev–Trinajstić information content (AvgIpc) is 3.36. The van der Waals surface area contributed by atoms with E-state index in [0.29, 0.717) is 6.61 Å². The summed E-state index contributed by atoms with van der Waals surface area (Å²) in [4.78, 5) is 0. The second-order valence-corrected chi connectivity index (χ2v) is 7.64. The van der Waals surface area contributed by atoms with Crippen molar-refractivity contribution in [3.8, 4) is 17.2 Å². The summed E-state index contributed by atoms with van der Waals surface area (Å²) in [6, 6.07) is 22.1. The zero-order chi connectivity index (χ0) is 22.9. The van der Waals surface area contributed by atoms with Gasteiger partial charge in [0.25, 0.3) is 0 Å². The van der Waals surface area contributed by atoms with Crippen molar-refractivity contribution in [2.45, 2.75) is 13.0 Å². The summed E-state index contributed by atoms with van der Waals surface area (Å²) < 4.78 is 22.5. The van der Waals surface area contributed by atoms with Crippen LogP contribution < -0.4 is 19.5 Å². The molecule has 0 spiro atoms. The molecule has 1 aromatic heterocycles. The fourth-order valence-electron chi connectivity index (χ4n) is 3.70. The molecule has 1 heterocycles. The van der Waals surface area contributed by atoms with E-state index in [2.05, 4.69) is 41.7 Å². The van der Waals surface area contributed by atoms with Crippen molar-refractivity contribution >= 4 is 17.0 Å². The minimum atomic E-state index is 0.512. The molecule has 5 heteroatoms. The lowest BCUT2D eigenvalue weighted by Gasteiger charge is -2.12. The summed E-state index contributed by atoms with van der Waals surface area (Å²) in [5, 5.41) is 4.44. The van der Waals surface area contributed by atoms with Gasteiger partial charge in [-0.2, -0.15) is 0 Å². The molecular formula is C28H29NO4. The van der Waals surface area contributed by atoms with Gasteiger partial charge in [-0.3, -0.25) is 0 Å². The average molecular weight is 444 g/mol. The maximum absolute atomic E-state index is 6.02. The van der Waals surface area contributed by atoms with Gasteiger partial charge in [-0.15, -0.1) is 0 Å². The number of nitrogens with one attached hydrogen (secondary N) is 1. The van der Waals surface area contributed by atoms with Gasteiger partial charge in [0.1, 0.15) is 17.9 Å². The Kier molecular flexibility index (Phi) is 7.67. The Labute approximate surface area is 194 Å². The highest BCUT2D eigenvalue weighted by atomic mass is 16.5. The molecule has 1 N–H and O–H groups in total. The van der Waals surface area contributed by atoms with E-state index in [0.717, 1.165) is 58.9 Å². The molecule has 170 valence electrons. The van der Waals surface area contributed by atoms with Crippen LogP contribution in [0.25, 0.3) is 17.0 Å². The Balaban J connectivity index is 1.28. The van der Waals surface area contributed by atoms with Crippen LogP contribution in [0.15, 0.2) is 83.5 Å². The molecule has 0 bridgehead atoms. The maximum atomic E-state index is 6.02. The molecule has 0 saturated carbocycles. The van der Waals surface area contributed by atoms with Gasteiger partial charge in [0.2, 0.25) is 0 Å². The third-order valence-electron chi connectivity index (χ3n) is 5.44. The topological polar surface area (TPSA) is 52.9 Å². The summed E-state index contributed by atoms with van der Waals surface area (Å²) in [7, 11) is 3.33. The van der Waals surface area contributed by atoms with Crippen LogP contribution in [0.2, 0.25) is 0 Å². The highest BCUT2D eigenvalue weighted by Gasteiger charge is 2.08. The Morgan fingerprint density at radius 1 is 0.848 bits per heavy atom. The maximum Gasteiger partial charge on any atom is 0.161 e. The number of fused-ring (bicyclic) bond motifs is 1. The van der Waals surface area contributed by atoms with Gasteiger partial charge < -0.3 is 23.9 Å². The number of benzene rings is 3. The van der Waals surface area contributed by atoms with Crippen LogP contribution >= 0.6 is 0 Å². The molecule has 0 aliphatic heterocycles. The molecule has 5 nitrogen and oxygen atoms in total. The smallest absolute Gasteiger partial charge is 0.161 e. The van der Waals surface area contributed by atoms with Gasteiger partial charge in [-0.05, 0) is 54.4 Å². The molecular weight excluding hydrogens is 414 g/mol. The fraction of sp³-hybridized carbons (Fsp3) is 0.214. The number of ether oxygens (including phenoxy) is 3. The van der Waals surface area contributed by atoms with Crippen molar-refractivity contribution in [3.63, 3.8) is 0 Å². The summed E-state index contributed by atoms with van der Waals surface area (Å²) >= 11 is 0. The second-order valence-electron chi connectivity index (χ2n) is 7.64. The first-order valence-electron chi connectivity index (χ1n) is 11.0. The van der Waals surface area contributed by atoms with Gasteiger partial charge in [0, 0.05) is 12.1 Å². The lowest BCUT2D eigenvalue weighted by Crippen LogP contribution is -2.17. The molecule has 0 radical (unpaired) electrons. The molecule has 0 amide bonds. The molecule has 0 saturated heterocycles. The number of methoxy groups -OCH3 is 2. The van der Waals surface area contributed by atoms with E-state index in [1.807, 2.05) is 42.5 Å². The van der Waals surface area contributed by atoms with E-state index in [4.69, 9.17) is 18.6 Å². The van der Waals surface area contributed by atoms with Crippen molar-refractivity contribution in [2.75, 3.05) is 27.3 Å². The monoisotopic (exact) mass is 443 g/mol. The highest BCUT2D eigenvalue weighted by Crippen LogP contribution is 2.30. The fourth-order valence-corrected chi connectivity index (χ4v) is 3.70. The summed E-state index contributed by atoms with van der Waals surface area (Å²) in [6.45, 7) is 2.13. The van der Waals surface area contributed by atoms with Crippen molar-refractivity contribution in [3.05, 3.63) is 95.8 Å². The number of furan rings is 1. The lowest BCUT2D eigenvalue weighted by atomic mass is 10.1. The summed E-state index contributed by atoms with van der Waals surface area (Å²) in [5.74, 6) is 2.33. The molecule has 4 rings (SSSR count). The SMILES string of the molecule is COc1ccc(CCNC/C=C/c2ccc(OC)c3ccoc23)cc1OCc1ccccc1. The van der Waals surface area contributed by atoms with Gasteiger partial charge in [0.15, 0.2) is 11.5 Å². The molecule has 0 aliphatic rings. The molecule has 0 atom stereocenters. The van der Waals surface area contributed by atoms with Crippen LogP contribution in [0.1, 0.15) is 16.7 Å². The first-order valence-corrected chi connectivity index (χ1v) is 11.0. The minimum Gasteiger partial charge on any atom is -0.496 e. The standard InChI is InChI=1S/C28H29NO4/c1-30-25-13-11-23(28-24(25)15-18-32-28)9-6-16-29-17-14-21-10-12-26(31-2)27(19-21)33-20-22-7-4-3-5-8-22/h3-13,15,18-19,29H,14,16-17,20H2,1-2H3/b9-6+. The molecule has 3 aromatic carbocycles. The van der Waals surface area contributed by atoms with Crippen LogP contribution in [0.3, 0.4) is 0 Å². The van der Waals surface area contributed by atoms with Crippen molar-refractivity contribution < 1.29 is 18.6 Å². The summed E-state index contributed by atoms with van der Waals surface area (Å²) in [6.07, 6.45) is 6.76. The lowest BCUT2D eigenvalue weighted by molar-refractivity contribution is 0.284. The van der Waals surface area contributed by atoms with E-state index >= 15 is 0 Å². The molecule has 0 unspecified atom stereocenters. The van der Waals surface area contributed by atoms with Crippen molar-refractivity contribution in [2.24, 2.45) is 0 Å². The van der Waals surface area contributed by atoms with Gasteiger partial charge in [0.05, 0.1) is 25.9 Å². The molecule has 4 aromatic rings. The van der Waals surface area contributed by atoms with Crippen LogP contribution in [0.4, 0.5) is 0 Å². The third kappa shape index (κ3) is 5.76. The van der Waals surface area contributed by atoms with Crippen LogP contribution in [0.5, 0.6) is 17.2 Å². The van der Waals surface area contributed by atoms with E-state index in [1.54, 1.807) is 20.5 Å². The largest absolute Gasteiger partial charge is 0.496 e. The predicted molar refractivity (Wildman–Crippen MR) is 132 cm³/mol. The predicted octanol–water partition coefficient (Wildman–Crippen LogP) is 5.87. The zero-order valence-corrected chi connectivity index (χ0v) is 19.0. The minimum absolute atomic E-state index is 0.512. The van der Waals surface area contributed by atoms with E-state index in [9.17, 15) is 0 Å². The van der Waals surface area contributed by atoms with Gasteiger partial charge in [-0.1, -0.05) is 48.6 Å². The summed E-state index contributed by atoms with van der Waals surface area (Å²) in [5.41, 5.74) is 4.20. The molecule has 0 fully saturated rings. The second kappa shape index (κ2) is 11.2.